The molecular formula is C23H31FN6O. The molecule has 0 bridgehead atoms. The largest absolute Gasteiger partial charge is 0.357 e. The van der Waals surface area contributed by atoms with Crippen molar-refractivity contribution in [2.24, 2.45) is 4.99 Å². The Balaban J connectivity index is 1.43. The van der Waals surface area contributed by atoms with Crippen LogP contribution in [0.4, 0.5) is 10.2 Å². The van der Waals surface area contributed by atoms with Crippen LogP contribution in [0.25, 0.3) is 0 Å². The molecule has 0 radical (unpaired) electrons. The normalized spacial score (nSPS) is 14.5. The number of carbonyl (C=O) groups excluding carboxylic acids is 1. The number of carbonyl (C=O) groups is 1. The lowest BCUT2D eigenvalue weighted by molar-refractivity contribution is -0.131. The van der Waals surface area contributed by atoms with Crippen LogP contribution in [-0.4, -0.2) is 61.0 Å². The van der Waals surface area contributed by atoms with Gasteiger partial charge in [0, 0.05) is 51.9 Å². The van der Waals surface area contributed by atoms with Gasteiger partial charge in [-0.2, -0.15) is 0 Å². The molecule has 1 amide bonds. The minimum atomic E-state index is -0.223. The highest BCUT2D eigenvalue weighted by Crippen LogP contribution is 2.13. The fraction of sp³-hybridized carbons (Fsp3) is 0.435. The van der Waals surface area contributed by atoms with E-state index in [-0.39, 0.29) is 11.7 Å². The van der Waals surface area contributed by atoms with Gasteiger partial charge >= 0.3 is 0 Å². The van der Waals surface area contributed by atoms with Crippen LogP contribution < -0.4 is 15.5 Å². The Morgan fingerprint density at radius 1 is 1.16 bits per heavy atom. The Labute approximate surface area is 183 Å². The van der Waals surface area contributed by atoms with E-state index in [1.165, 1.54) is 6.07 Å². The number of piperazine rings is 1. The molecule has 2 aromatic rings. The van der Waals surface area contributed by atoms with Gasteiger partial charge < -0.3 is 20.4 Å². The van der Waals surface area contributed by atoms with Gasteiger partial charge in [-0.3, -0.25) is 4.79 Å². The van der Waals surface area contributed by atoms with Gasteiger partial charge in [-0.25, -0.2) is 14.4 Å². The first-order valence-corrected chi connectivity index (χ1v) is 10.8. The van der Waals surface area contributed by atoms with Crippen molar-refractivity contribution in [1.82, 2.24) is 20.5 Å². The van der Waals surface area contributed by atoms with Crippen molar-refractivity contribution in [2.45, 2.75) is 26.8 Å². The SMILES string of the molecule is CCNC(=NCc1ccc(C)c(F)c1)NCCC(=O)N1CCN(c2ccccn2)CC1. The van der Waals surface area contributed by atoms with Crippen molar-refractivity contribution in [3.8, 4) is 0 Å². The van der Waals surface area contributed by atoms with Crippen LogP contribution in [0.5, 0.6) is 0 Å². The summed E-state index contributed by atoms with van der Waals surface area (Å²) in [7, 11) is 0. The molecule has 0 atom stereocenters. The third-order valence-corrected chi connectivity index (χ3v) is 5.24. The second-order valence-corrected chi connectivity index (χ2v) is 7.51. The van der Waals surface area contributed by atoms with E-state index in [0.29, 0.717) is 50.7 Å². The predicted octanol–water partition coefficient (Wildman–Crippen LogP) is 2.32. The molecule has 3 rings (SSSR count). The third kappa shape index (κ3) is 6.67. The van der Waals surface area contributed by atoms with Gasteiger partial charge in [0.2, 0.25) is 5.91 Å². The van der Waals surface area contributed by atoms with Crippen LogP contribution in [0.2, 0.25) is 0 Å². The summed E-state index contributed by atoms with van der Waals surface area (Å²) >= 11 is 0. The average molecular weight is 427 g/mol. The van der Waals surface area contributed by atoms with E-state index in [1.807, 2.05) is 36.1 Å². The topological polar surface area (TPSA) is 72.9 Å². The number of nitrogens with zero attached hydrogens (tertiary/aromatic N) is 4. The van der Waals surface area contributed by atoms with E-state index < -0.39 is 0 Å². The van der Waals surface area contributed by atoms with E-state index >= 15 is 0 Å². The number of halogens is 1. The van der Waals surface area contributed by atoms with Gasteiger partial charge in [0.15, 0.2) is 5.96 Å². The number of pyridine rings is 1. The number of aliphatic imine (C=N–C) groups is 1. The van der Waals surface area contributed by atoms with Crippen molar-refractivity contribution in [2.75, 3.05) is 44.2 Å². The number of anilines is 1. The molecule has 1 fully saturated rings. The van der Waals surface area contributed by atoms with Crippen molar-refractivity contribution < 1.29 is 9.18 Å². The first-order valence-electron chi connectivity index (χ1n) is 10.8. The van der Waals surface area contributed by atoms with Crippen LogP contribution in [0.1, 0.15) is 24.5 Å². The molecule has 31 heavy (non-hydrogen) atoms. The standard InChI is InChI=1S/C23H31FN6O/c1-3-25-23(28-17-19-8-7-18(2)20(24)16-19)27-11-9-22(31)30-14-12-29(13-15-30)21-6-4-5-10-26-21/h4-8,10,16H,3,9,11-15,17H2,1-2H3,(H2,25,27,28). The Morgan fingerprint density at radius 2 is 1.97 bits per heavy atom. The van der Waals surface area contributed by atoms with Gasteiger partial charge in [0.25, 0.3) is 0 Å². The zero-order chi connectivity index (χ0) is 22.1. The zero-order valence-electron chi connectivity index (χ0n) is 18.3. The smallest absolute Gasteiger partial charge is 0.224 e. The second kappa shape index (κ2) is 11.3. The van der Waals surface area contributed by atoms with Gasteiger partial charge in [-0.05, 0) is 43.2 Å². The number of hydrogen-bond acceptors (Lipinski definition) is 4. The molecule has 8 heteroatoms. The Hall–Kier alpha value is -3.16. The number of hydrogen-bond donors (Lipinski definition) is 2. The van der Waals surface area contributed by atoms with Crippen LogP contribution in [-0.2, 0) is 11.3 Å². The fourth-order valence-electron chi connectivity index (χ4n) is 3.42. The molecule has 0 spiro atoms. The van der Waals surface area contributed by atoms with Crippen LogP contribution in [0.15, 0.2) is 47.6 Å². The number of amides is 1. The first-order chi connectivity index (χ1) is 15.1. The van der Waals surface area contributed by atoms with Gasteiger partial charge in [-0.1, -0.05) is 18.2 Å². The van der Waals surface area contributed by atoms with Crippen molar-refractivity contribution in [3.05, 3.63) is 59.5 Å². The molecule has 166 valence electrons. The highest BCUT2D eigenvalue weighted by Gasteiger charge is 2.21. The van der Waals surface area contributed by atoms with E-state index in [9.17, 15) is 9.18 Å². The van der Waals surface area contributed by atoms with E-state index in [1.54, 1.807) is 19.2 Å². The molecule has 1 aromatic heterocycles. The van der Waals surface area contributed by atoms with Crippen LogP contribution >= 0.6 is 0 Å². The van der Waals surface area contributed by atoms with Crippen LogP contribution in [0.3, 0.4) is 0 Å². The summed E-state index contributed by atoms with van der Waals surface area (Å²) in [5, 5.41) is 6.36. The highest BCUT2D eigenvalue weighted by molar-refractivity contribution is 5.81. The number of aromatic nitrogens is 1. The molecule has 1 aromatic carbocycles. The molecule has 7 nitrogen and oxygen atoms in total. The minimum Gasteiger partial charge on any atom is -0.357 e. The lowest BCUT2D eigenvalue weighted by Gasteiger charge is -2.35. The summed E-state index contributed by atoms with van der Waals surface area (Å²) in [6.45, 7) is 8.26. The summed E-state index contributed by atoms with van der Waals surface area (Å²) < 4.78 is 13.7. The van der Waals surface area contributed by atoms with Crippen molar-refractivity contribution in [1.29, 1.82) is 0 Å². The van der Waals surface area contributed by atoms with Crippen LogP contribution in [0, 0.1) is 12.7 Å². The summed E-state index contributed by atoms with van der Waals surface area (Å²) in [5.41, 5.74) is 1.43. The van der Waals surface area contributed by atoms with Gasteiger partial charge in [0.05, 0.1) is 6.54 Å². The number of benzene rings is 1. The average Bonchev–Trinajstić information content (AvgIpc) is 2.80. The fourth-order valence-corrected chi connectivity index (χ4v) is 3.42. The molecule has 0 saturated carbocycles. The third-order valence-electron chi connectivity index (χ3n) is 5.24. The minimum absolute atomic E-state index is 0.129. The summed E-state index contributed by atoms with van der Waals surface area (Å²) in [4.78, 5) is 25.6. The number of guanidine groups is 1. The number of aryl methyl sites for hydroxylation is 1. The van der Waals surface area contributed by atoms with E-state index in [4.69, 9.17) is 0 Å². The second-order valence-electron chi connectivity index (χ2n) is 7.51. The maximum atomic E-state index is 13.7. The molecule has 0 unspecified atom stereocenters. The molecule has 1 aliphatic heterocycles. The Morgan fingerprint density at radius 3 is 2.65 bits per heavy atom. The molecule has 2 N–H and O–H groups in total. The zero-order valence-corrected chi connectivity index (χ0v) is 18.3. The van der Waals surface area contributed by atoms with E-state index in [2.05, 4.69) is 25.5 Å². The summed E-state index contributed by atoms with van der Waals surface area (Å²) in [5.74, 6) is 1.48. The lowest BCUT2D eigenvalue weighted by atomic mass is 10.1. The first kappa shape index (κ1) is 22.5. The van der Waals surface area contributed by atoms with Gasteiger partial charge in [0.1, 0.15) is 11.6 Å². The lowest BCUT2D eigenvalue weighted by Crippen LogP contribution is -2.49. The quantitative estimate of drug-likeness (QED) is 0.525. The Kier molecular flexibility index (Phi) is 8.20. The number of rotatable bonds is 7. The molecular weight excluding hydrogens is 395 g/mol. The molecule has 1 aliphatic rings. The number of nitrogens with one attached hydrogen (secondary N) is 2. The van der Waals surface area contributed by atoms with Gasteiger partial charge in [-0.15, -0.1) is 0 Å². The Bertz CT molecular complexity index is 881. The molecule has 1 saturated heterocycles. The van der Waals surface area contributed by atoms with Crippen molar-refractivity contribution in [3.63, 3.8) is 0 Å². The highest BCUT2D eigenvalue weighted by atomic mass is 19.1. The molecule has 2 heterocycles. The maximum Gasteiger partial charge on any atom is 0.224 e. The monoisotopic (exact) mass is 426 g/mol. The van der Waals surface area contributed by atoms with Crippen molar-refractivity contribution >= 4 is 17.7 Å². The predicted molar refractivity (Wildman–Crippen MR) is 122 cm³/mol. The summed E-state index contributed by atoms with van der Waals surface area (Å²) in [6, 6.07) is 11.0. The maximum absolute atomic E-state index is 13.7. The van der Waals surface area contributed by atoms with E-state index in [0.717, 1.165) is 24.5 Å². The summed E-state index contributed by atoms with van der Waals surface area (Å²) in [6.07, 6.45) is 2.19. The molecule has 0 aliphatic carbocycles.